The van der Waals surface area contributed by atoms with Gasteiger partial charge in [0.05, 0.1) is 5.75 Å². The number of aromatic nitrogens is 1. The number of nitriles is 2. The second-order valence-electron chi connectivity index (χ2n) is 5.54. The number of anilines is 2. The number of carbonyl (C=O) groups excluding carboxylic acids is 1. The molecule has 3 rings (SSSR count). The van der Waals surface area contributed by atoms with Crippen molar-refractivity contribution in [3.05, 3.63) is 57.4 Å². The highest BCUT2D eigenvalue weighted by Gasteiger charge is 2.24. The van der Waals surface area contributed by atoms with E-state index in [0.717, 1.165) is 21.1 Å². The van der Waals surface area contributed by atoms with Crippen LogP contribution in [0, 0.1) is 22.7 Å². The van der Waals surface area contributed by atoms with E-state index >= 15 is 0 Å². The maximum atomic E-state index is 12.3. The predicted octanol–water partition coefficient (Wildman–Crippen LogP) is 4.05. The molecule has 0 saturated carbocycles. The number of H-pyrrole nitrogens is 1. The number of carbonyl (C=O) groups is 1. The Balaban J connectivity index is 1.86. The molecule has 3 aromatic rings. The molecule has 9 heteroatoms. The van der Waals surface area contributed by atoms with E-state index in [4.69, 9.17) is 5.73 Å². The van der Waals surface area contributed by atoms with Gasteiger partial charge < -0.3 is 5.32 Å². The van der Waals surface area contributed by atoms with E-state index in [-0.39, 0.29) is 23.0 Å². The van der Waals surface area contributed by atoms with Crippen LogP contribution in [0.25, 0.3) is 10.4 Å². The van der Waals surface area contributed by atoms with Crippen molar-refractivity contribution in [1.82, 2.24) is 0 Å². The maximum Gasteiger partial charge on any atom is 0.289 e. The minimum Gasteiger partial charge on any atom is -0.325 e. The van der Waals surface area contributed by atoms with Crippen molar-refractivity contribution in [3.8, 4) is 22.6 Å². The lowest BCUT2D eigenvalue weighted by Gasteiger charge is -2.09. The molecular weight excluding hydrogens is 458 g/mol. The molecule has 6 nitrogen and oxygen atoms in total. The van der Waals surface area contributed by atoms with Gasteiger partial charge in [-0.2, -0.15) is 10.5 Å². The van der Waals surface area contributed by atoms with Crippen molar-refractivity contribution in [2.45, 2.75) is 5.03 Å². The van der Waals surface area contributed by atoms with Gasteiger partial charge in [0.15, 0.2) is 10.6 Å². The van der Waals surface area contributed by atoms with Gasteiger partial charge in [-0.3, -0.25) is 10.5 Å². The molecule has 138 valence electrons. The number of aromatic amines is 1. The number of rotatable bonds is 5. The summed E-state index contributed by atoms with van der Waals surface area (Å²) in [5.41, 5.74) is 7.70. The van der Waals surface area contributed by atoms with Gasteiger partial charge in [-0.05, 0) is 35.7 Å². The van der Waals surface area contributed by atoms with Crippen LogP contribution in [-0.4, -0.2) is 11.7 Å². The molecule has 0 aliphatic carbocycles. The molecule has 1 aromatic carbocycles. The predicted molar refractivity (Wildman–Crippen MR) is 114 cm³/mol. The summed E-state index contributed by atoms with van der Waals surface area (Å²) < 4.78 is 0.919. The number of nitrogen functional groups attached to an aromatic ring is 1. The first kappa shape index (κ1) is 19.9. The number of benzene rings is 1. The van der Waals surface area contributed by atoms with Crippen LogP contribution in [0.1, 0.15) is 11.1 Å². The Labute approximate surface area is 178 Å². The molecule has 0 unspecified atom stereocenters. The number of nitrogens with two attached hydrogens (primary N) is 1. The van der Waals surface area contributed by atoms with Gasteiger partial charge in [-0.1, -0.05) is 33.8 Å². The molecule has 2 aromatic heterocycles. The molecule has 0 spiro atoms. The molecule has 2 heterocycles. The van der Waals surface area contributed by atoms with Crippen LogP contribution in [0.2, 0.25) is 0 Å². The number of hydrogen-bond acceptors (Lipinski definition) is 6. The standard InChI is InChI=1S/C19H12BrN5OS2/c20-11-3-5-12(6-4-11)24-16(26)10-28-19-14(9-22)17(15-2-1-7-27-15)13(8-21)18(23)25-19/h1-7H,10H2,(H2,23,25)(H,24,26)/p+1. The summed E-state index contributed by atoms with van der Waals surface area (Å²) in [5.74, 6) is 0.0298. The number of pyridine rings is 1. The fraction of sp³-hybridized carbons (Fsp3) is 0.0526. The zero-order valence-electron chi connectivity index (χ0n) is 14.3. The van der Waals surface area contributed by atoms with Crippen LogP contribution in [-0.2, 0) is 4.79 Å². The summed E-state index contributed by atoms with van der Waals surface area (Å²) in [5, 5.41) is 24.3. The number of nitrogens with one attached hydrogen (secondary N) is 2. The van der Waals surface area contributed by atoms with Crippen molar-refractivity contribution in [1.29, 1.82) is 10.5 Å². The van der Waals surface area contributed by atoms with E-state index in [1.165, 1.54) is 11.3 Å². The van der Waals surface area contributed by atoms with E-state index in [1.807, 2.05) is 29.6 Å². The fourth-order valence-electron chi connectivity index (χ4n) is 2.49. The van der Waals surface area contributed by atoms with Gasteiger partial charge in [0.1, 0.15) is 17.7 Å². The molecular formula is C19H13BrN5OS2+. The lowest BCUT2D eigenvalue weighted by Crippen LogP contribution is -2.20. The Kier molecular flexibility index (Phi) is 6.32. The average molecular weight is 471 g/mol. The quantitative estimate of drug-likeness (QED) is 0.545. The topological polar surface area (TPSA) is 117 Å². The van der Waals surface area contributed by atoms with E-state index in [1.54, 1.807) is 12.1 Å². The van der Waals surface area contributed by atoms with Crippen molar-refractivity contribution in [2.75, 3.05) is 16.8 Å². The number of amides is 1. The molecule has 28 heavy (non-hydrogen) atoms. The van der Waals surface area contributed by atoms with E-state index in [0.29, 0.717) is 21.8 Å². The molecule has 0 atom stereocenters. The molecule has 0 bridgehead atoms. The molecule has 0 aliphatic heterocycles. The summed E-state index contributed by atoms with van der Waals surface area (Å²) in [6, 6.07) is 15.1. The molecule has 0 saturated heterocycles. The highest BCUT2D eigenvalue weighted by molar-refractivity contribution is 9.10. The van der Waals surface area contributed by atoms with Gasteiger partial charge in [0, 0.05) is 20.6 Å². The Morgan fingerprint density at radius 3 is 2.54 bits per heavy atom. The Hall–Kier alpha value is -2.85. The zero-order valence-corrected chi connectivity index (χ0v) is 17.5. The first-order valence-electron chi connectivity index (χ1n) is 7.94. The highest BCUT2D eigenvalue weighted by Crippen LogP contribution is 2.35. The largest absolute Gasteiger partial charge is 0.325 e. The number of halogens is 1. The van der Waals surface area contributed by atoms with Crippen LogP contribution in [0.4, 0.5) is 11.5 Å². The zero-order chi connectivity index (χ0) is 20.1. The minimum atomic E-state index is -0.217. The van der Waals surface area contributed by atoms with Crippen LogP contribution >= 0.6 is 39.0 Å². The van der Waals surface area contributed by atoms with E-state index in [9.17, 15) is 15.3 Å². The smallest absolute Gasteiger partial charge is 0.289 e. The Morgan fingerprint density at radius 1 is 1.21 bits per heavy atom. The Bertz CT molecular complexity index is 1100. The summed E-state index contributed by atoms with van der Waals surface area (Å²) in [6.07, 6.45) is 0. The monoisotopic (exact) mass is 470 g/mol. The number of hydrogen-bond donors (Lipinski definition) is 2. The van der Waals surface area contributed by atoms with Crippen LogP contribution < -0.4 is 16.0 Å². The van der Waals surface area contributed by atoms with Crippen LogP contribution in [0.3, 0.4) is 0 Å². The Morgan fingerprint density at radius 2 is 1.93 bits per heavy atom. The summed E-state index contributed by atoms with van der Waals surface area (Å²) >= 11 is 5.92. The first-order chi connectivity index (χ1) is 13.5. The van der Waals surface area contributed by atoms with Gasteiger partial charge in [-0.25, -0.2) is 4.98 Å². The third kappa shape index (κ3) is 4.34. The van der Waals surface area contributed by atoms with Crippen molar-refractivity contribution in [2.24, 2.45) is 0 Å². The summed E-state index contributed by atoms with van der Waals surface area (Å²) in [7, 11) is 0. The van der Waals surface area contributed by atoms with Gasteiger partial charge >= 0.3 is 0 Å². The molecule has 0 radical (unpaired) electrons. The first-order valence-corrected chi connectivity index (χ1v) is 10.6. The highest BCUT2D eigenvalue weighted by atomic mass is 79.9. The van der Waals surface area contributed by atoms with E-state index in [2.05, 4.69) is 38.4 Å². The average Bonchev–Trinajstić information content (AvgIpc) is 3.22. The lowest BCUT2D eigenvalue weighted by molar-refractivity contribution is -0.410. The second kappa shape index (κ2) is 8.89. The molecule has 4 N–H and O–H groups in total. The van der Waals surface area contributed by atoms with Crippen LogP contribution in [0.5, 0.6) is 0 Å². The van der Waals surface area contributed by atoms with Gasteiger partial charge in [0.25, 0.3) is 5.82 Å². The number of nitrogens with zero attached hydrogens (tertiary/aromatic N) is 2. The fourth-order valence-corrected chi connectivity index (χ4v) is 4.36. The van der Waals surface area contributed by atoms with Gasteiger partial charge in [-0.15, -0.1) is 11.3 Å². The maximum absolute atomic E-state index is 12.3. The van der Waals surface area contributed by atoms with Crippen molar-refractivity contribution >= 4 is 56.4 Å². The van der Waals surface area contributed by atoms with Crippen molar-refractivity contribution in [3.63, 3.8) is 0 Å². The molecule has 1 amide bonds. The SMILES string of the molecule is N#Cc1c(N)[nH+]c(SCC(=O)Nc2ccc(Br)cc2)c(C#N)c1-c1cccs1. The van der Waals surface area contributed by atoms with Crippen LogP contribution in [0.15, 0.2) is 51.3 Å². The van der Waals surface area contributed by atoms with Gasteiger partial charge in [0.2, 0.25) is 5.91 Å². The lowest BCUT2D eigenvalue weighted by atomic mass is 10.0. The summed E-state index contributed by atoms with van der Waals surface area (Å²) in [6.45, 7) is 0. The summed E-state index contributed by atoms with van der Waals surface area (Å²) in [4.78, 5) is 15.9. The van der Waals surface area contributed by atoms with E-state index < -0.39 is 0 Å². The van der Waals surface area contributed by atoms with Crippen molar-refractivity contribution < 1.29 is 9.78 Å². The second-order valence-corrected chi connectivity index (χ2v) is 8.39. The normalized spacial score (nSPS) is 10.1. The molecule has 0 aliphatic rings. The third-order valence-electron chi connectivity index (χ3n) is 3.71. The number of thioether (sulfide) groups is 1. The third-order valence-corrected chi connectivity index (χ3v) is 6.13. The molecule has 0 fully saturated rings. The number of thiophene rings is 1. The minimum absolute atomic E-state index is 0.0798.